The normalized spacial score (nSPS) is 12.3. The minimum atomic E-state index is -0.847. The van der Waals surface area contributed by atoms with E-state index in [4.69, 9.17) is 27.9 Å². The fourth-order valence-electron chi connectivity index (χ4n) is 1.65. The molecular weight excluding hydrogens is 290 g/mol. The van der Waals surface area contributed by atoms with E-state index in [-0.39, 0.29) is 0 Å². The Morgan fingerprint density at radius 3 is 2.32 bits per heavy atom. The van der Waals surface area contributed by atoms with E-state index in [1.165, 1.54) is 25.1 Å². The van der Waals surface area contributed by atoms with Crippen LogP contribution in [0.1, 0.15) is 18.6 Å². The van der Waals surface area contributed by atoms with Gasteiger partial charge in [0.05, 0.1) is 6.10 Å². The van der Waals surface area contributed by atoms with Crippen molar-refractivity contribution in [1.29, 1.82) is 0 Å². The highest BCUT2D eigenvalue weighted by Crippen LogP contribution is 2.33. The van der Waals surface area contributed by atoms with Crippen LogP contribution >= 0.6 is 23.2 Å². The highest BCUT2D eigenvalue weighted by molar-refractivity contribution is 6.34. The molecule has 0 fully saturated rings. The average molecular weight is 301 g/mol. The molecule has 100 valence electrons. The van der Waals surface area contributed by atoms with Gasteiger partial charge >= 0.3 is 0 Å². The Labute approximate surface area is 120 Å². The number of aliphatic hydroxyl groups is 1. The number of ether oxygens (including phenoxy) is 1. The van der Waals surface area contributed by atoms with Crippen molar-refractivity contribution in [2.45, 2.75) is 13.0 Å². The Morgan fingerprint density at radius 1 is 1.11 bits per heavy atom. The second-order valence-corrected chi connectivity index (χ2v) is 4.94. The van der Waals surface area contributed by atoms with Gasteiger partial charge in [0.25, 0.3) is 0 Å². The summed E-state index contributed by atoms with van der Waals surface area (Å²) in [6.07, 6.45) is -0.847. The van der Waals surface area contributed by atoms with Gasteiger partial charge in [0, 0.05) is 15.6 Å². The summed E-state index contributed by atoms with van der Waals surface area (Å²) in [5.41, 5.74) is 0.357. The largest absolute Gasteiger partial charge is 0.457 e. The SMILES string of the molecule is C[C@H](O)c1cc(F)ccc1Oc1cc(Cl)cc(Cl)c1. The number of benzene rings is 2. The number of hydrogen-bond acceptors (Lipinski definition) is 2. The molecule has 0 aliphatic carbocycles. The Morgan fingerprint density at radius 2 is 1.74 bits per heavy atom. The molecule has 0 saturated heterocycles. The van der Waals surface area contributed by atoms with Gasteiger partial charge in [0.15, 0.2) is 0 Å². The quantitative estimate of drug-likeness (QED) is 0.866. The third kappa shape index (κ3) is 3.60. The highest BCUT2D eigenvalue weighted by atomic mass is 35.5. The van der Waals surface area contributed by atoms with Crippen LogP contribution in [0.2, 0.25) is 10.0 Å². The number of aliphatic hydroxyl groups excluding tert-OH is 1. The monoisotopic (exact) mass is 300 g/mol. The fourth-order valence-corrected chi connectivity index (χ4v) is 2.16. The lowest BCUT2D eigenvalue weighted by molar-refractivity contribution is 0.195. The molecule has 0 aromatic heterocycles. The second-order valence-electron chi connectivity index (χ2n) is 4.07. The molecule has 0 heterocycles. The maximum absolute atomic E-state index is 13.2. The molecule has 1 N–H and O–H groups in total. The summed E-state index contributed by atoms with van der Waals surface area (Å²) in [6, 6.07) is 8.69. The summed E-state index contributed by atoms with van der Waals surface area (Å²) in [7, 11) is 0. The zero-order valence-corrected chi connectivity index (χ0v) is 11.5. The molecule has 0 unspecified atom stereocenters. The molecule has 19 heavy (non-hydrogen) atoms. The van der Waals surface area contributed by atoms with Crippen LogP contribution in [0, 0.1) is 5.82 Å². The van der Waals surface area contributed by atoms with Gasteiger partial charge in [-0.15, -0.1) is 0 Å². The molecule has 0 aliphatic rings. The second kappa shape index (κ2) is 5.78. The minimum absolute atomic E-state index is 0.356. The standard InChI is InChI=1S/C14H11Cl2FO2/c1-8(18)13-7-11(17)2-3-14(13)19-12-5-9(15)4-10(16)6-12/h2-8,18H,1H3/t8-/m0/s1. The van der Waals surface area contributed by atoms with E-state index in [1.807, 2.05) is 0 Å². The van der Waals surface area contributed by atoms with E-state index in [1.54, 1.807) is 18.2 Å². The van der Waals surface area contributed by atoms with E-state index < -0.39 is 11.9 Å². The van der Waals surface area contributed by atoms with Crippen LogP contribution in [0.25, 0.3) is 0 Å². The summed E-state index contributed by atoms with van der Waals surface area (Å²) in [5.74, 6) is 0.341. The Hall–Kier alpha value is -1.29. The maximum atomic E-state index is 13.2. The highest BCUT2D eigenvalue weighted by Gasteiger charge is 2.12. The van der Waals surface area contributed by atoms with Gasteiger partial charge in [-0.2, -0.15) is 0 Å². The topological polar surface area (TPSA) is 29.5 Å². The van der Waals surface area contributed by atoms with Crippen molar-refractivity contribution in [2.75, 3.05) is 0 Å². The lowest BCUT2D eigenvalue weighted by Crippen LogP contribution is -1.97. The fraction of sp³-hybridized carbons (Fsp3) is 0.143. The van der Waals surface area contributed by atoms with Gasteiger partial charge in [0.1, 0.15) is 17.3 Å². The molecule has 2 rings (SSSR count). The van der Waals surface area contributed by atoms with E-state index in [2.05, 4.69) is 0 Å². The Bertz CT molecular complexity index is 580. The van der Waals surface area contributed by atoms with Gasteiger partial charge in [-0.25, -0.2) is 4.39 Å². The van der Waals surface area contributed by atoms with Crippen LogP contribution < -0.4 is 4.74 Å². The smallest absolute Gasteiger partial charge is 0.133 e. The lowest BCUT2D eigenvalue weighted by Gasteiger charge is -2.13. The number of rotatable bonds is 3. The van der Waals surface area contributed by atoms with Crippen molar-refractivity contribution in [3.05, 3.63) is 57.8 Å². The molecule has 1 atom stereocenters. The van der Waals surface area contributed by atoms with Gasteiger partial charge in [-0.05, 0) is 43.3 Å². The van der Waals surface area contributed by atoms with E-state index in [0.29, 0.717) is 27.1 Å². The van der Waals surface area contributed by atoms with Crippen LogP contribution in [0.15, 0.2) is 36.4 Å². The average Bonchev–Trinajstić information content (AvgIpc) is 2.30. The first-order valence-electron chi connectivity index (χ1n) is 5.57. The van der Waals surface area contributed by atoms with Gasteiger partial charge < -0.3 is 9.84 Å². The molecule has 0 spiro atoms. The van der Waals surface area contributed by atoms with Crippen LogP contribution in [0.5, 0.6) is 11.5 Å². The summed E-state index contributed by atoms with van der Waals surface area (Å²) < 4.78 is 18.8. The third-order valence-electron chi connectivity index (χ3n) is 2.49. The van der Waals surface area contributed by atoms with Crippen LogP contribution in [-0.4, -0.2) is 5.11 Å². The third-order valence-corrected chi connectivity index (χ3v) is 2.92. The van der Waals surface area contributed by atoms with E-state index in [0.717, 1.165) is 0 Å². The predicted octanol–water partition coefficient (Wildman–Crippen LogP) is 4.98. The van der Waals surface area contributed by atoms with Crippen molar-refractivity contribution in [2.24, 2.45) is 0 Å². The van der Waals surface area contributed by atoms with E-state index >= 15 is 0 Å². The first kappa shape index (κ1) is 14.1. The molecule has 0 aliphatic heterocycles. The van der Waals surface area contributed by atoms with Crippen molar-refractivity contribution in [1.82, 2.24) is 0 Å². The van der Waals surface area contributed by atoms with Gasteiger partial charge in [0.2, 0.25) is 0 Å². The molecular formula is C14H11Cl2FO2. The lowest BCUT2D eigenvalue weighted by atomic mass is 10.1. The Balaban J connectivity index is 2.37. The first-order chi connectivity index (χ1) is 8.95. The van der Waals surface area contributed by atoms with Crippen LogP contribution in [-0.2, 0) is 0 Å². The summed E-state index contributed by atoms with van der Waals surface area (Å²) >= 11 is 11.7. The molecule has 0 amide bonds. The summed E-state index contributed by atoms with van der Waals surface area (Å²) in [4.78, 5) is 0. The Kier molecular flexibility index (Phi) is 4.30. The van der Waals surface area contributed by atoms with E-state index in [9.17, 15) is 9.50 Å². The van der Waals surface area contributed by atoms with Crippen molar-refractivity contribution in [3.8, 4) is 11.5 Å². The predicted molar refractivity (Wildman–Crippen MR) is 73.6 cm³/mol. The molecule has 2 nitrogen and oxygen atoms in total. The minimum Gasteiger partial charge on any atom is -0.457 e. The molecule has 2 aromatic rings. The van der Waals surface area contributed by atoms with Crippen LogP contribution in [0.3, 0.4) is 0 Å². The van der Waals surface area contributed by atoms with Gasteiger partial charge in [-0.3, -0.25) is 0 Å². The van der Waals surface area contributed by atoms with Crippen molar-refractivity contribution >= 4 is 23.2 Å². The molecule has 0 saturated carbocycles. The molecule has 0 radical (unpaired) electrons. The first-order valence-corrected chi connectivity index (χ1v) is 6.33. The molecule has 5 heteroatoms. The van der Waals surface area contributed by atoms with Crippen LogP contribution in [0.4, 0.5) is 4.39 Å². The molecule has 0 bridgehead atoms. The van der Waals surface area contributed by atoms with Crippen molar-refractivity contribution < 1.29 is 14.2 Å². The molecule has 2 aromatic carbocycles. The zero-order chi connectivity index (χ0) is 14.0. The summed E-state index contributed by atoms with van der Waals surface area (Å²) in [5, 5.41) is 10.5. The van der Waals surface area contributed by atoms with Crippen molar-refractivity contribution in [3.63, 3.8) is 0 Å². The number of halogens is 3. The maximum Gasteiger partial charge on any atom is 0.133 e. The van der Waals surface area contributed by atoms with Gasteiger partial charge in [-0.1, -0.05) is 23.2 Å². The number of hydrogen-bond donors (Lipinski definition) is 1. The zero-order valence-electron chi connectivity index (χ0n) is 10.0. The summed E-state index contributed by atoms with van der Waals surface area (Å²) in [6.45, 7) is 1.53.